The van der Waals surface area contributed by atoms with Crippen LogP contribution < -0.4 is 5.32 Å². The Bertz CT molecular complexity index is 794. The number of esters is 1. The fraction of sp³-hybridized carbons (Fsp3) is 0.286. The molecule has 0 radical (unpaired) electrons. The molecule has 0 aliphatic rings. The summed E-state index contributed by atoms with van der Waals surface area (Å²) in [6.45, 7) is 3.81. The van der Waals surface area contributed by atoms with Gasteiger partial charge in [-0.15, -0.1) is 0 Å². The average molecular weight is 350 g/mol. The third kappa shape index (κ3) is 5.75. The Labute approximate surface area is 153 Å². The van der Waals surface area contributed by atoms with E-state index in [9.17, 15) is 9.59 Å². The van der Waals surface area contributed by atoms with E-state index in [0.29, 0.717) is 11.5 Å². The highest BCUT2D eigenvalue weighted by atomic mass is 16.5. The first-order chi connectivity index (χ1) is 12.5. The van der Waals surface area contributed by atoms with Gasteiger partial charge in [-0.2, -0.15) is 5.26 Å². The molecule has 1 atom stereocenters. The van der Waals surface area contributed by atoms with Crippen molar-refractivity contribution in [3.63, 3.8) is 0 Å². The molecule has 2 aromatic carbocycles. The molecule has 0 spiro atoms. The van der Waals surface area contributed by atoms with Crippen LogP contribution in [0.2, 0.25) is 0 Å². The van der Waals surface area contributed by atoms with Crippen LogP contribution in [-0.4, -0.2) is 18.5 Å². The molecule has 0 saturated heterocycles. The van der Waals surface area contributed by atoms with Crippen LogP contribution in [0.25, 0.3) is 0 Å². The summed E-state index contributed by atoms with van der Waals surface area (Å²) < 4.78 is 5.07. The molecule has 0 heterocycles. The molecule has 1 amide bonds. The Morgan fingerprint density at radius 2 is 1.85 bits per heavy atom. The van der Waals surface area contributed by atoms with E-state index in [1.807, 2.05) is 36.4 Å². The Morgan fingerprint density at radius 1 is 1.12 bits per heavy atom. The van der Waals surface area contributed by atoms with Gasteiger partial charge in [-0.05, 0) is 36.1 Å². The first-order valence-corrected chi connectivity index (χ1v) is 8.51. The molecule has 0 saturated carbocycles. The molecule has 0 bridgehead atoms. The number of amides is 1. The average Bonchev–Trinajstić information content (AvgIpc) is 2.66. The Hall–Kier alpha value is -3.13. The highest BCUT2D eigenvalue weighted by molar-refractivity contribution is 5.91. The standard InChI is InChI=1S/C21H22N2O3/c1-15(2)11-19(17-8-4-3-5-9-17)23-20(24)14-26-21(25)18-10-6-7-16(12-18)13-22/h3-10,12,15,19H,11,14H2,1-2H3,(H,23,24)/t19-/m0/s1. The Kier molecular flexibility index (Phi) is 6.92. The quantitative estimate of drug-likeness (QED) is 0.774. The van der Waals surface area contributed by atoms with Gasteiger partial charge in [0.25, 0.3) is 5.91 Å². The number of nitrogens with one attached hydrogen (secondary N) is 1. The Balaban J connectivity index is 1.95. The highest BCUT2D eigenvalue weighted by Crippen LogP contribution is 2.21. The fourth-order valence-electron chi connectivity index (χ4n) is 2.60. The van der Waals surface area contributed by atoms with E-state index < -0.39 is 5.97 Å². The molecule has 2 rings (SSSR count). The monoisotopic (exact) mass is 350 g/mol. The molecule has 134 valence electrons. The van der Waals surface area contributed by atoms with Crippen LogP contribution in [0.1, 0.15) is 47.8 Å². The van der Waals surface area contributed by atoms with Crippen LogP contribution in [0.3, 0.4) is 0 Å². The molecule has 0 aromatic heterocycles. The zero-order chi connectivity index (χ0) is 18.9. The second kappa shape index (κ2) is 9.38. The Morgan fingerprint density at radius 3 is 2.50 bits per heavy atom. The van der Waals surface area contributed by atoms with Crippen molar-refractivity contribution in [1.29, 1.82) is 5.26 Å². The molecule has 5 nitrogen and oxygen atoms in total. The van der Waals surface area contributed by atoms with Gasteiger partial charge in [-0.25, -0.2) is 4.79 Å². The van der Waals surface area contributed by atoms with Crippen molar-refractivity contribution in [2.45, 2.75) is 26.3 Å². The number of ether oxygens (including phenoxy) is 1. The fourth-order valence-corrected chi connectivity index (χ4v) is 2.60. The van der Waals surface area contributed by atoms with Crippen molar-refractivity contribution < 1.29 is 14.3 Å². The molecular formula is C21H22N2O3. The summed E-state index contributed by atoms with van der Waals surface area (Å²) in [7, 11) is 0. The maximum Gasteiger partial charge on any atom is 0.338 e. The second-order valence-corrected chi connectivity index (χ2v) is 6.43. The van der Waals surface area contributed by atoms with Crippen LogP contribution in [-0.2, 0) is 9.53 Å². The van der Waals surface area contributed by atoms with Crippen LogP contribution >= 0.6 is 0 Å². The summed E-state index contributed by atoms with van der Waals surface area (Å²) in [5.41, 5.74) is 1.63. The number of hydrogen-bond acceptors (Lipinski definition) is 4. The van der Waals surface area contributed by atoms with Crippen LogP contribution in [0.15, 0.2) is 54.6 Å². The zero-order valence-electron chi connectivity index (χ0n) is 14.9. The lowest BCUT2D eigenvalue weighted by molar-refractivity contribution is -0.125. The minimum atomic E-state index is -0.627. The van der Waals surface area contributed by atoms with Crippen molar-refractivity contribution in [3.8, 4) is 6.07 Å². The van der Waals surface area contributed by atoms with Gasteiger partial charge in [0.1, 0.15) is 0 Å². The minimum Gasteiger partial charge on any atom is -0.452 e. The predicted molar refractivity (Wildman–Crippen MR) is 98.2 cm³/mol. The van der Waals surface area contributed by atoms with Gasteiger partial charge in [-0.3, -0.25) is 4.79 Å². The van der Waals surface area contributed by atoms with Gasteiger partial charge in [0.05, 0.1) is 23.2 Å². The summed E-state index contributed by atoms with van der Waals surface area (Å²) in [5.74, 6) is -0.585. The number of carbonyl (C=O) groups is 2. The molecule has 26 heavy (non-hydrogen) atoms. The van der Waals surface area contributed by atoms with E-state index in [0.717, 1.165) is 12.0 Å². The summed E-state index contributed by atoms with van der Waals surface area (Å²) in [6.07, 6.45) is 0.786. The van der Waals surface area contributed by atoms with E-state index in [2.05, 4.69) is 19.2 Å². The van der Waals surface area contributed by atoms with Crippen molar-refractivity contribution in [1.82, 2.24) is 5.32 Å². The van der Waals surface area contributed by atoms with E-state index in [1.165, 1.54) is 6.07 Å². The number of benzene rings is 2. The lowest BCUT2D eigenvalue weighted by Crippen LogP contribution is -2.33. The lowest BCUT2D eigenvalue weighted by atomic mass is 9.97. The minimum absolute atomic E-state index is 0.135. The number of nitrogens with zero attached hydrogens (tertiary/aromatic N) is 1. The van der Waals surface area contributed by atoms with Gasteiger partial charge in [0.2, 0.25) is 0 Å². The SMILES string of the molecule is CC(C)C[C@H](NC(=O)COC(=O)c1cccc(C#N)c1)c1ccccc1. The predicted octanol–water partition coefficient (Wildman–Crippen LogP) is 3.62. The summed E-state index contributed by atoms with van der Waals surface area (Å²) in [6, 6.07) is 17.7. The van der Waals surface area contributed by atoms with Gasteiger partial charge in [0, 0.05) is 0 Å². The first-order valence-electron chi connectivity index (χ1n) is 8.51. The largest absolute Gasteiger partial charge is 0.452 e. The van der Waals surface area contributed by atoms with Gasteiger partial charge >= 0.3 is 5.97 Å². The summed E-state index contributed by atoms with van der Waals surface area (Å²) in [4.78, 5) is 24.3. The van der Waals surface area contributed by atoms with E-state index in [-0.39, 0.29) is 24.1 Å². The maximum absolute atomic E-state index is 12.2. The lowest BCUT2D eigenvalue weighted by Gasteiger charge is -2.21. The maximum atomic E-state index is 12.2. The second-order valence-electron chi connectivity index (χ2n) is 6.43. The van der Waals surface area contributed by atoms with Gasteiger partial charge in [0.15, 0.2) is 6.61 Å². The van der Waals surface area contributed by atoms with Crippen LogP contribution in [0, 0.1) is 17.2 Å². The van der Waals surface area contributed by atoms with Gasteiger partial charge < -0.3 is 10.1 Å². The molecular weight excluding hydrogens is 328 g/mol. The molecule has 0 aliphatic heterocycles. The van der Waals surface area contributed by atoms with Crippen LogP contribution in [0.4, 0.5) is 0 Å². The van der Waals surface area contributed by atoms with E-state index in [4.69, 9.17) is 10.00 Å². The highest BCUT2D eigenvalue weighted by Gasteiger charge is 2.17. The third-order valence-electron chi connectivity index (χ3n) is 3.81. The van der Waals surface area contributed by atoms with Gasteiger partial charge in [-0.1, -0.05) is 50.2 Å². The van der Waals surface area contributed by atoms with Crippen molar-refractivity contribution >= 4 is 11.9 Å². The molecule has 0 fully saturated rings. The zero-order valence-corrected chi connectivity index (χ0v) is 14.9. The molecule has 1 N–H and O–H groups in total. The van der Waals surface area contributed by atoms with Crippen LogP contribution in [0.5, 0.6) is 0 Å². The first kappa shape index (κ1) is 19.2. The van der Waals surface area contributed by atoms with Crippen molar-refractivity contribution in [2.24, 2.45) is 5.92 Å². The molecule has 2 aromatic rings. The smallest absolute Gasteiger partial charge is 0.338 e. The number of carbonyl (C=O) groups excluding carboxylic acids is 2. The van der Waals surface area contributed by atoms with E-state index >= 15 is 0 Å². The van der Waals surface area contributed by atoms with E-state index in [1.54, 1.807) is 18.2 Å². The molecule has 0 aliphatic carbocycles. The van der Waals surface area contributed by atoms with Crippen molar-refractivity contribution in [3.05, 3.63) is 71.3 Å². The molecule has 5 heteroatoms. The topological polar surface area (TPSA) is 79.2 Å². The normalized spacial score (nSPS) is 11.5. The number of hydrogen-bond donors (Lipinski definition) is 1. The summed E-state index contributed by atoms with van der Waals surface area (Å²) in [5, 5.41) is 11.8. The molecule has 0 unspecified atom stereocenters. The third-order valence-corrected chi connectivity index (χ3v) is 3.81. The van der Waals surface area contributed by atoms with Crippen molar-refractivity contribution in [2.75, 3.05) is 6.61 Å². The summed E-state index contributed by atoms with van der Waals surface area (Å²) >= 11 is 0. The number of rotatable bonds is 7. The number of nitriles is 1.